The zero-order valence-corrected chi connectivity index (χ0v) is 20.8. The number of aryl methyl sites for hydroxylation is 2. The summed E-state index contributed by atoms with van der Waals surface area (Å²) < 4.78 is 6.43. The van der Waals surface area contributed by atoms with E-state index in [-0.39, 0.29) is 29.4 Å². The van der Waals surface area contributed by atoms with Crippen LogP contribution in [0, 0.1) is 13.8 Å². The fourth-order valence-corrected chi connectivity index (χ4v) is 4.16. The predicted octanol–water partition coefficient (Wildman–Crippen LogP) is 4.89. The van der Waals surface area contributed by atoms with Gasteiger partial charge >= 0.3 is 0 Å². The van der Waals surface area contributed by atoms with Gasteiger partial charge in [-0.05, 0) is 58.1 Å². The van der Waals surface area contributed by atoms with Crippen molar-refractivity contribution in [1.82, 2.24) is 15.8 Å². The number of hydrogen-bond acceptors (Lipinski definition) is 3. The summed E-state index contributed by atoms with van der Waals surface area (Å²) in [5, 5.41) is 10.8. The van der Waals surface area contributed by atoms with Gasteiger partial charge in [-0.15, -0.1) is 24.0 Å². The van der Waals surface area contributed by atoms with Crippen molar-refractivity contribution in [3.63, 3.8) is 0 Å². The molecule has 1 aromatic carbocycles. The second kappa shape index (κ2) is 10.6. The summed E-state index contributed by atoms with van der Waals surface area (Å²) in [5.41, 5.74) is 3.80. The van der Waals surface area contributed by atoms with Gasteiger partial charge in [-0.3, -0.25) is 4.99 Å². The molecule has 154 valence electrons. The van der Waals surface area contributed by atoms with E-state index in [9.17, 15) is 0 Å². The molecule has 2 N–H and O–H groups in total. The number of halogens is 2. The lowest BCUT2D eigenvalue weighted by atomic mass is 9.96. The second-order valence-corrected chi connectivity index (χ2v) is 8.14. The number of aromatic nitrogens is 1. The lowest BCUT2D eigenvalue weighted by Crippen LogP contribution is -2.38. The van der Waals surface area contributed by atoms with Crippen molar-refractivity contribution < 1.29 is 4.52 Å². The summed E-state index contributed by atoms with van der Waals surface area (Å²) in [4.78, 5) is 4.88. The molecule has 3 rings (SSSR count). The van der Waals surface area contributed by atoms with E-state index < -0.39 is 0 Å². The molecular formula is C21H30BrIN4O. The average Bonchev–Trinajstić information content (AvgIpc) is 3.38. The maximum atomic E-state index is 5.24. The first-order chi connectivity index (χ1) is 13.1. The van der Waals surface area contributed by atoms with Gasteiger partial charge in [0.05, 0.1) is 12.2 Å². The Morgan fingerprint density at radius 3 is 2.61 bits per heavy atom. The van der Waals surface area contributed by atoms with Crippen molar-refractivity contribution in [3.8, 4) is 0 Å². The van der Waals surface area contributed by atoms with Crippen molar-refractivity contribution in [2.75, 3.05) is 19.6 Å². The zero-order valence-electron chi connectivity index (χ0n) is 16.8. The number of nitrogens with one attached hydrogen (secondary N) is 2. The Labute approximate surface area is 193 Å². The maximum Gasteiger partial charge on any atom is 0.191 e. The molecule has 1 fully saturated rings. The van der Waals surface area contributed by atoms with Gasteiger partial charge in [0.15, 0.2) is 5.96 Å². The molecule has 7 heteroatoms. The standard InChI is InChI=1S/C21H29BrN4O.HI/c1-4-23-20(24-13-7-8-17-15(2)26-27-16(17)3)25-14-21(11-12-21)18-9-5-6-10-19(18)22;/h5-6,9-10H,4,7-8,11-14H2,1-3H3,(H2,23,24,25);1H. The van der Waals surface area contributed by atoms with E-state index in [4.69, 9.17) is 9.52 Å². The third-order valence-electron chi connectivity index (χ3n) is 5.26. The molecule has 0 atom stereocenters. The first-order valence-electron chi connectivity index (χ1n) is 9.74. The lowest BCUT2D eigenvalue weighted by Gasteiger charge is -2.17. The number of benzene rings is 1. The van der Waals surface area contributed by atoms with Crippen LogP contribution < -0.4 is 10.6 Å². The molecule has 1 heterocycles. The average molecular weight is 561 g/mol. The Kier molecular flexibility index (Phi) is 8.80. The van der Waals surface area contributed by atoms with Gasteiger partial charge in [0.2, 0.25) is 0 Å². The van der Waals surface area contributed by atoms with Crippen LogP contribution >= 0.6 is 39.9 Å². The van der Waals surface area contributed by atoms with Crippen LogP contribution in [-0.4, -0.2) is 30.8 Å². The van der Waals surface area contributed by atoms with Crippen LogP contribution in [0.5, 0.6) is 0 Å². The van der Waals surface area contributed by atoms with Crippen molar-refractivity contribution >= 4 is 45.9 Å². The first-order valence-corrected chi connectivity index (χ1v) is 10.5. The normalized spacial score (nSPS) is 15.1. The Morgan fingerprint density at radius 2 is 2.00 bits per heavy atom. The van der Waals surface area contributed by atoms with E-state index >= 15 is 0 Å². The highest BCUT2D eigenvalue weighted by molar-refractivity contribution is 14.0. The van der Waals surface area contributed by atoms with Crippen LogP contribution in [0.4, 0.5) is 0 Å². The second-order valence-electron chi connectivity index (χ2n) is 7.29. The van der Waals surface area contributed by atoms with Crippen molar-refractivity contribution in [3.05, 3.63) is 51.3 Å². The summed E-state index contributed by atoms with van der Waals surface area (Å²) in [6.45, 7) is 8.62. The molecule has 1 saturated carbocycles. The van der Waals surface area contributed by atoms with Gasteiger partial charge in [0, 0.05) is 28.5 Å². The Morgan fingerprint density at radius 1 is 1.25 bits per heavy atom. The highest BCUT2D eigenvalue weighted by Gasteiger charge is 2.45. The molecule has 0 radical (unpaired) electrons. The van der Waals surface area contributed by atoms with Gasteiger partial charge in [-0.25, -0.2) is 0 Å². The number of nitrogens with zero attached hydrogens (tertiary/aromatic N) is 2. The molecule has 0 saturated heterocycles. The van der Waals surface area contributed by atoms with E-state index in [1.54, 1.807) is 0 Å². The van der Waals surface area contributed by atoms with Crippen molar-refractivity contribution in [1.29, 1.82) is 0 Å². The summed E-state index contributed by atoms with van der Waals surface area (Å²) in [7, 11) is 0. The van der Waals surface area contributed by atoms with E-state index in [1.165, 1.54) is 28.4 Å². The molecule has 0 aliphatic heterocycles. The highest BCUT2D eigenvalue weighted by atomic mass is 127. The summed E-state index contributed by atoms with van der Waals surface area (Å²) in [6, 6.07) is 8.52. The Hall–Kier alpha value is -1.09. The van der Waals surface area contributed by atoms with Crippen LogP contribution in [0.2, 0.25) is 0 Å². The highest BCUT2D eigenvalue weighted by Crippen LogP contribution is 2.50. The molecule has 28 heavy (non-hydrogen) atoms. The maximum absolute atomic E-state index is 5.24. The monoisotopic (exact) mass is 560 g/mol. The Bertz CT molecular complexity index is 782. The summed E-state index contributed by atoms with van der Waals surface area (Å²) >= 11 is 3.70. The van der Waals surface area contributed by atoms with E-state index in [2.05, 4.69) is 62.9 Å². The number of aliphatic imine (C=N–C) groups is 1. The fourth-order valence-electron chi connectivity index (χ4n) is 3.46. The van der Waals surface area contributed by atoms with E-state index in [0.717, 1.165) is 49.9 Å². The predicted molar refractivity (Wildman–Crippen MR) is 129 cm³/mol. The molecule has 1 aliphatic carbocycles. The Balaban J connectivity index is 0.00000280. The van der Waals surface area contributed by atoms with Crippen LogP contribution in [0.15, 0.2) is 38.3 Å². The molecule has 0 unspecified atom stereocenters. The quantitative estimate of drug-likeness (QED) is 0.209. The minimum absolute atomic E-state index is 0. The third kappa shape index (κ3) is 5.72. The summed E-state index contributed by atoms with van der Waals surface area (Å²) in [5.74, 6) is 1.83. The van der Waals surface area contributed by atoms with Crippen LogP contribution in [-0.2, 0) is 11.8 Å². The molecule has 2 aromatic rings. The molecule has 0 bridgehead atoms. The van der Waals surface area contributed by atoms with Gasteiger partial charge in [0.25, 0.3) is 0 Å². The molecule has 1 aromatic heterocycles. The first kappa shape index (κ1) is 23.2. The molecule has 0 spiro atoms. The van der Waals surface area contributed by atoms with Crippen LogP contribution in [0.25, 0.3) is 0 Å². The molecule has 0 amide bonds. The third-order valence-corrected chi connectivity index (χ3v) is 5.95. The van der Waals surface area contributed by atoms with E-state index in [0.29, 0.717) is 0 Å². The number of hydrogen-bond donors (Lipinski definition) is 2. The number of guanidine groups is 1. The van der Waals surface area contributed by atoms with Crippen LogP contribution in [0.3, 0.4) is 0 Å². The van der Waals surface area contributed by atoms with Crippen LogP contribution in [0.1, 0.15) is 48.8 Å². The largest absolute Gasteiger partial charge is 0.361 e. The lowest BCUT2D eigenvalue weighted by molar-refractivity contribution is 0.392. The van der Waals surface area contributed by atoms with Gasteiger partial charge in [-0.2, -0.15) is 0 Å². The smallest absolute Gasteiger partial charge is 0.191 e. The minimum Gasteiger partial charge on any atom is -0.361 e. The number of rotatable bonds is 8. The topological polar surface area (TPSA) is 62.5 Å². The van der Waals surface area contributed by atoms with Gasteiger partial charge in [0.1, 0.15) is 5.76 Å². The summed E-state index contributed by atoms with van der Waals surface area (Å²) in [6.07, 6.45) is 4.38. The zero-order chi connectivity index (χ0) is 19.3. The minimum atomic E-state index is 0. The van der Waals surface area contributed by atoms with Crippen molar-refractivity contribution in [2.24, 2.45) is 4.99 Å². The van der Waals surface area contributed by atoms with Crippen molar-refractivity contribution in [2.45, 2.75) is 51.9 Å². The molecule has 1 aliphatic rings. The molecular weight excluding hydrogens is 531 g/mol. The SMILES string of the molecule is CCNC(=NCC1(c2ccccc2Br)CC1)NCCCc1c(C)noc1C.I. The van der Waals surface area contributed by atoms with Gasteiger partial charge < -0.3 is 15.2 Å². The van der Waals surface area contributed by atoms with Gasteiger partial charge in [-0.1, -0.05) is 39.3 Å². The fraction of sp³-hybridized carbons (Fsp3) is 0.524. The van der Waals surface area contributed by atoms with E-state index in [1.807, 2.05) is 13.8 Å². The molecule has 5 nitrogen and oxygen atoms in total.